The standard InChI is InChI=1S/C9H9F3O4S/c1-15-7-2-4-8(5-3-7)17(13,14)16-6-9(10,11)12/h2-5H,6H2,1H3. The van der Waals surface area contributed by atoms with Crippen molar-refractivity contribution in [1.82, 2.24) is 0 Å². The number of benzene rings is 1. The predicted molar refractivity (Wildman–Crippen MR) is 52.2 cm³/mol. The highest BCUT2D eigenvalue weighted by atomic mass is 32.2. The maximum Gasteiger partial charge on any atom is 0.413 e. The van der Waals surface area contributed by atoms with Gasteiger partial charge in [-0.1, -0.05) is 0 Å². The number of hydrogen-bond donors (Lipinski definition) is 0. The molecular formula is C9H9F3O4S. The SMILES string of the molecule is COc1ccc(S(=O)(=O)OCC(F)(F)F)cc1. The third-order valence-electron chi connectivity index (χ3n) is 1.73. The molecule has 96 valence electrons. The average Bonchev–Trinajstić information content (AvgIpc) is 2.26. The molecule has 4 nitrogen and oxygen atoms in total. The van der Waals surface area contributed by atoms with Crippen LogP contribution in [0, 0.1) is 0 Å². The van der Waals surface area contributed by atoms with Gasteiger partial charge in [-0.25, -0.2) is 0 Å². The van der Waals surface area contributed by atoms with Crippen molar-refractivity contribution in [2.45, 2.75) is 11.1 Å². The van der Waals surface area contributed by atoms with Crippen molar-refractivity contribution in [3.8, 4) is 5.75 Å². The molecule has 0 fully saturated rings. The van der Waals surface area contributed by atoms with Crippen LogP contribution in [0.4, 0.5) is 13.2 Å². The van der Waals surface area contributed by atoms with Crippen LogP contribution < -0.4 is 4.74 Å². The molecule has 0 aliphatic heterocycles. The summed E-state index contributed by atoms with van der Waals surface area (Å²) in [7, 11) is -3.02. The molecule has 0 aliphatic rings. The zero-order valence-corrected chi connectivity index (χ0v) is 9.51. The number of hydrogen-bond acceptors (Lipinski definition) is 4. The molecule has 0 atom stereocenters. The normalized spacial score (nSPS) is 12.5. The van der Waals surface area contributed by atoms with Crippen LogP contribution in [-0.4, -0.2) is 28.3 Å². The lowest BCUT2D eigenvalue weighted by Crippen LogP contribution is -2.20. The Hall–Kier alpha value is -1.28. The van der Waals surface area contributed by atoms with Gasteiger partial charge in [0.25, 0.3) is 10.1 Å². The highest BCUT2D eigenvalue weighted by Gasteiger charge is 2.31. The quantitative estimate of drug-likeness (QED) is 0.785. The van der Waals surface area contributed by atoms with Gasteiger partial charge >= 0.3 is 6.18 Å². The zero-order chi connectivity index (χ0) is 13.1. The van der Waals surface area contributed by atoms with Gasteiger partial charge in [0.1, 0.15) is 5.75 Å². The molecule has 0 saturated heterocycles. The van der Waals surface area contributed by atoms with E-state index in [1.807, 2.05) is 0 Å². The summed E-state index contributed by atoms with van der Waals surface area (Å²) >= 11 is 0. The Morgan fingerprint density at radius 3 is 2.12 bits per heavy atom. The molecule has 17 heavy (non-hydrogen) atoms. The molecule has 1 aromatic rings. The third kappa shape index (κ3) is 4.23. The van der Waals surface area contributed by atoms with Gasteiger partial charge in [-0.15, -0.1) is 0 Å². The lowest BCUT2D eigenvalue weighted by atomic mass is 10.3. The van der Waals surface area contributed by atoms with Crippen LogP contribution in [0.1, 0.15) is 0 Å². The molecule has 0 heterocycles. The van der Waals surface area contributed by atoms with Crippen LogP contribution in [0.2, 0.25) is 0 Å². The largest absolute Gasteiger partial charge is 0.497 e. The Labute approximate surface area is 96.1 Å². The predicted octanol–water partition coefficient (Wildman–Crippen LogP) is 1.96. The first-order valence-electron chi connectivity index (χ1n) is 4.35. The van der Waals surface area contributed by atoms with Crippen LogP contribution in [0.15, 0.2) is 29.2 Å². The lowest BCUT2D eigenvalue weighted by Gasteiger charge is -2.08. The Balaban J connectivity index is 2.82. The summed E-state index contributed by atoms with van der Waals surface area (Å²) in [5.74, 6) is 0.389. The Kier molecular flexibility index (Phi) is 3.99. The van der Waals surface area contributed by atoms with Gasteiger partial charge in [0.2, 0.25) is 0 Å². The van der Waals surface area contributed by atoms with Gasteiger partial charge in [-0.05, 0) is 24.3 Å². The van der Waals surface area contributed by atoms with Crippen molar-refractivity contribution >= 4 is 10.1 Å². The van der Waals surface area contributed by atoms with Crippen molar-refractivity contribution in [3.63, 3.8) is 0 Å². The van der Waals surface area contributed by atoms with Crippen molar-refractivity contribution in [3.05, 3.63) is 24.3 Å². The molecule has 1 aromatic carbocycles. The fraction of sp³-hybridized carbons (Fsp3) is 0.333. The summed E-state index contributed by atoms with van der Waals surface area (Å²) in [5, 5.41) is 0. The fourth-order valence-electron chi connectivity index (χ4n) is 0.955. The molecule has 0 unspecified atom stereocenters. The van der Waals surface area contributed by atoms with Crippen LogP contribution >= 0.6 is 0 Å². The molecule has 0 radical (unpaired) electrons. The van der Waals surface area contributed by atoms with Gasteiger partial charge in [-0.2, -0.15) is 21.6 Å². The van der Waals surface area contributed by atoms with Crippen molar-refractivity contribution in [2.24, 2.45) is 0 Å². The van der Waals surface area contributed by atoms with Crippen LogP contribution in [-0.2, 0) is 14.3 Å². The van der Waals surface area contributed by atoms with E-state index in [9.17, 15) is 21.6 Å². The molecule has 0 aromatic heterocycles. The maximum atomic E-state index is 11.8. The van der Waals surface area contributed by atoms with E-state index in [0.29, 0.717) is 5.75 Å². The monoisotopic (exact) mass is 270 g/mol. The first-order valence-corrected chi connectivity index (χ1v) is 5.76. The van der Waals surface area contributed by atoms with Gasteiger partial charge in [0.05, 0.1) is 12.0 Å². The van der Waals surface area contributed by atoms with Gasteiger partial charge < -0.3 is 4.74 Å². The highest BCUT2D eigenvalue weighted by Crippen LogP contribution is 2.21. The molecule has 0 spiro atoms. The van der Waals surface area contributed by atoms with E-state index in [0.717, 1.165) is 12.1 Å². The summed E-state index contributed by atoms with van der Waals surface area (Å²) in [5.41, 5.74) is 0. The Morgan fingerprint density at radius 2 is 1.71 bits per heavy atom. The number of halogens is 3. The maximum absolute atomic E-state index is 11.8. The molecule has 0 N–H and O–H groups in total. The van der Waals surface area contributed by atoms with Crippen molar-refractivity contribution in [1.29, 1.82) is 0 Å². The van der Waals surface area contributed by atoms with Crippen LogP contribution in [0.25, 0.3) is 0 Å². The Bertz CT molecular complexity index is 464. The summed E-state index contributed by atoms with van der Waals surface area (Å²) < 4.78 is 66.7. The first-order chi connectivity index (χ1) is 7.74. The van der Waals surface area contributed by atoms with Crippen molar-refractivity contribution in [2.75, 3.05) is 13.7 Å². The second kappa shape index (κ2) is 4.92. The third-order valence-corrected chi connectivity index (χ3v) is 3.00. The average molecular weight is 270 g/mol. The number of ether oxygens (including phenoxy) is 1. The summed E-state index contributed by atoms with van der Waals surface area (Å²) in [4.78, 5) is -0.359. The van der Waals surface area contributed by atoms with E-state index in [1.165, 1.54) is 19.2 Å². The molecule has 0 aliphatic carbocycles. The summed E-state index contributed by atoms with van der Waals surface area (Å²) in [6, 6.07) is 4.82. The van der Waals surface area contributed by atoms with E-state index in [4.69, 9.17) is 4.74 Å². The summed E-state index contributed by atoms with van der Waals surface area (Å²) in [6.07, 6.45) is -4.69. The van der Waals surface area contributed by atoms with E-state index >= 15 is 0 Å². The number of alkyl halides is 3. The minimum atomic E-state index is -4.69. The van der Waals surface area contributed by atoms with Gasteiger partial charge in [-0.3, -0.25) is 4.18 Å². The lowest BCUT2D eigenvalue weighted by molar-refractivity contribution is -0.152. The second-order valence-corrected chi connectivity index (χ2v) is 4.62. The van der Waals surface area contributed by atoms with Gasteiger partial charge in [0.15, 0.2) is 6.61 Å². The van der Waals surface area contributed by atoms with Crippen LogP contribution in [0.3, 0.4) is 0 Å². The Morgan fingerprint density at radius 1 is 1.18 bits per heavy atom. The molecule has 1 rings (SSSR count). The van der Waals surface area contributed by atoms with Crippen LogP contribution in [0.5, 0.6) is 5.75 Å². The van der Waals surface area contributed by atoms with Crippen molar-refractivity contribution < 1.29 is 30.5 Å². The number of methoxy groups -OCH3 is 1. The van der Waals surface area contributed by atoms with E-state index < -0.39 is 22.9 Å². The minimum absolute atomic E-state index is 0.359. The minimum Gasteiger partial charge on any atom is -0.497 e. The fourth-order valence-corrected chi connectivity index (χ4v) is 1.85. The molecule has 8 heteroatoms. The number of rotatable bonds is 4. The highest BCUT2D eigenvalue weighted by molar-refractivity contribution is 7.86. The first kappa shape index (κ1) is 13.8. The van der Waals surface area contributed by atoms with E-state index in [2.05, 4.69) is 4.18 Å². The molecule has 0 amide bonds. The molecule has 0 saturated carbocycles. The summed E-state index contributed by atoms with van der Waals surface area (Å²) in [6.45, 7) is -1.85. The topological polar surface area (TPSA) is 52.6 Å². The second-order valence-electron chi connectivity index (χ2n) is 3.01. The van der Waals surface area contributed by atoms with E-state index in [-0.39, 0.29) is 4.90 Å². The molecular weight excluding hydrogens is 261 g/mol. The van der Waals surface area contributed by atoms with Gasteiger partial charge in [0, 0.05) is 0 Å². The smallest absolute Gasteiger partial charge is 0.413 e. The zero-order valence-electron chi connectivity index (χ0n) is 8.69. The van der Waals surface area contributed by atoms with E-state index in [1.54, 1.807) is 0 Å². The molecule has 0 bridgehead atoms.